The van der Waals surface area contributed by atoms with Crippen LogP contribution in [0.5, 0.6) is 0 Å². The van der Waals surface area contributed by atoms with Crippen molar-refractivity contribution in [3.05, 3.63) is 71.3 Å². The summed E-state index contributed by atoms with van der Waals surface area (Å²) in [6.45, 7) is 5.35. The maximum absolute atomic E-state index is 13.1. The van der Waals surface area contributed by atoms with Crippen LogP contribution in [0, 0.1) is 19.8 Å². The van der Waals surface area contributed by atoms with Gasteiger partial charge in [0, 0.05) is 0 Å². The van der Waals surface area contributed by atoms with Crippen LogP contribution in [0.4, 0.5) is 16.2 Å². The van der Waals surface area contributed by atoms with Gasteiger partial charge in [-0.25, -0.2) is 9.69 Å². The van der Waals surface area contributed by atoms with Gasteiger partial charge < -0.3 is 0 Å². The number of carbonyl (C=O) groups is 4. The molecule has 0 spiro atoms. The van der Waals surface area contributed by atoms with Gasteiger partial charge in [-0.15, -0.1) is 0 Å². The van der Waals surface area contributed by atoms with Crippen molar-refractivity contribution < 1.29 is 19.2 Å². The molecule has 2 aliphatic rings. The molecule has 2 heterocycles. The molecule has 0 aliphatic carbocycles. The lowest BCUT2D eigenvalue weighted by atomic mass is 9.98. The standard InChI is InChI=1S/C23H20N4O4/c1-13-9-14(2)11-17(10-13)26-21(29)19(20(28)24-23(26)31)12-18-15(3)25-27(22(18)30)16-7-5-4-6-8-16/h4-12,18H,1-3H3,(H,24,28,31)/b19-12-/t18-/m1/s1. The van der Waals surface area contributed by atoms with Gasteiger partial charge in [0.1, 0.15) is 5.57 Å². The molecule has 2 aliphatic heterocycles. The zero-order valence-electron chi connectivity index (χ0n) is 17.2. The topological polar surface area (TPSA) is 99.2 Å². The molecule has 8 nitrogen and oxygen atoms in total. The fourth-order valence-electron chi connectivity index (χ4n) is 3.68. The first-order valence-corrected chi connectivity index (χ1v) is 9.70. The summed E-state index contributed by atoms with van der Waals surface area (Å²) in [5.74, 6) is -2.89. The molecule has 156 valence electrons. The van der Waals surface area contributed by atoms with Gasteiger partial charge >= 0.3 is 6.03 Å². The highest BCUT2D eigenvalue weighted by atomic mass is 16.2. The van der Waals surface area contributed by atoms with E-state index >= 15 is 0 Å². The molecule has 8 heteroatoms. The normalized spacial score (nSPS) is 20.4. The molecule has 1 fully saturated rings. The van der Waals surface area contributed by atoms with Gasteiger partial charge in [0.05, 0.1) is 23.0 Å². The molecule has 1 saturated heterocycles. The first kappa shape index (κ1) is 20.2. The van der Waals surface area contributed by atoms with Crippen molar-refractivity contribution in [1.29, 1.82) is 0 Å². The fourth-order valence-corrected chi connectivity index (χ4v) is 3.68. The van der Waals surface area contributed by atoms with Crippen LogP contribution in [-0.2, 0) is 14.4 Å². The number of para-hydroxylation sites is 1. The molecule has 2 aromatic rings. The SMILES string of the molecule is CC1=NN(c2ccccc2)C(=O)[C@@H]1/C=C1/C(=O)NC(=O)N(c2cc(C)cc(C)c2)C1=O. The Morgan fingerprint density at radius 2 is 1.55 bits per heavy atom. The van der Waals surface area contributed by atoms with E-state index in [0.717, 1.165) is 16.0 Å². The summed E-state index contributed by atoms with van der Waals surface area (Å²) < 4.78 is 0. The zero-order chi connectivity index (χ0) is 22.3. The van der Waals surface area contributed by atoms with Crippen LogP contribution < -0.4 is 15.2 Å². The zero-order valence-corrected chi connectivity index (χ0v) is 17.2. The lowest BCUT2D eigenvalue weighted by Crippen LogP contribution is -2.54. The predicted octanol–water partition coefficient (Wildman–Crippen LogP) is 2.85. The van der Waals surface area contributed by atoms with Crippen molar-refractivity contribution in [2.45, 2.75) is 20.8 Å². The molecule has 0 bridgehead atoms. The average Bonchev–Trinajstić information content (AvgIpc) is 2.98. The number of imide groups is 2. The molecule has 0 saturated carbocycles. The number of urea groups is 1. The van der Waals surface area contributed by atoms with Crippen LogP contribution >= 0.6 is 0 Å². The Bertz CT molecular complexity index is 1160. The van der Waals surface area contributed by atoms with Gasteiger partial charge in [0.15, 0.2) is 0 Å². The maximum Gasteiger partial charge on any atom is 0.335 e. The maximum atomic E-state index is 13.1. The molecule has 1 N–H and O–H groups in total. The summed E-state index contributed by atoms with van der Waals surface area (Å²) in [4.78, 5) is 51.9. The second-order valence-electron chi connectivity index (χ2n) is 7.53. The van der Waals surface area contributed by atoms with E-state index in [1.165, 1.54) is 11.1 Å². The monoisotopic (exact) mass is 416 g/mol. The van der Waals surface area contributed by atoms with Gasteiger partial charge in [0.2, 0.25) is 0 Å². The Morgan fingerprint density at radius 3 is 2.19 bits per heavy atom. The fraction of sp³-hybridized carbons (Fsp3) is 0.174. The largest absolute Gasteiger partial charge is 0.335 e. The number of benzene rings is 2. The van der Waals surface area contributed by atoms with Crippen LogP contribution in [0.15, 0.2) is 65.3 Å². The quantitative estimate of drug-likeness (QED) is 0.614. The van der Waals surface area contributed by atoms with E-state index in [9.17, 15) is 19.2 Å². The third-order valence-electron chi connectivity index (χ3n) is 5.08. The summed E-state index contributed by atoms with van der Waals surface area (Å²) in [5, 5.41) is 7.72. The number of carbonyl (C=O) groups excluding carboxylic acids is 4. The molecule has 2 aromatic carbocycles. The third-order valence-corrected chi connectivity index (χ3v) is 5.08. The van der Waals surface area contributed by atoms with Crippen molar-refractivity contribution in [2.24, 2.45) is 11.0 Å². The van der Waals surface area contributed by atoms with Crippen LogP contribution in [0.1, 0.15) is 18.1 Å². The Balaban J connectivity index is 1.69. The van der Waals surface area contributed by atoms with Gasteiger partial charge in [-0.3, -0.25) is 19.7 Å². The Morgan fingerprint density at radius 1 is 0.903 bits per heavy atom. The van der Waals surface area contributed by atoms with Crippen molar-refractivity contribution in [3.8, 4) is 0 Å². The minimum Gasteiger partial charge on any atom is -0.273 e. The lowest BCUT2D eigenvalue weighted by Gasteiger charge is -2.27. The van der Waals surface area contributed by atoms with E-state index in [1.807, 2.05) is 26.0 Å². The number of anilines is 2. The highest BCUT2D eigenvalue weighted by Gasteiger charge is 2.40. The smallest absolute Gasteiger partial charge is 0.273 e. The highest BCUT2D eigenvalue weighted by Crippen LogP contribution is 2.28. The molecule has 31 heavy (non-hydrogen) atoms. The summed E-state index contributed by atoms with van der Waals surface area (Å²) in [6.07, 6.45) is 1.28. The van der Waals surface area contributed by atoms with Crippen molar-refractivity contribution in [1.82, 2.24) is 5.32 Å². The number of rotatable bonds is 3. The Hall–Kier alpha value is -4.07. The molecule has 4 rings (SSSR count). The molecule has 1 atom stereocenters. The first-order valence-electron chi connectivity index (χ1n) is 9.70. The van der Waals surface area contributed by atoms with Crippen LogP contribution in [-0.4, -0.2) is 29.5 Å². The summed E-state index contributed by atoms with van der Waals surface area (Å²) in [5.41, 5.74) is 2.83. The molecule has 5 amide bonds. The number of aryl methyl sites for hydroxylation is 2. The van der Waals surface area contributed by atoms with Crippen LogP contribution in [0.3, 0.4) is 0 Å². The van der Waals surface area contributed by atoms with E-state index in [0.29, 0.717) is 17.1 Å². The Labute approximate surface area is 178 Å². The Kier molecular flexibility index (Phi) is 4.98. The van der Waals surface area contributed by atoms with E-state index in [4.69, 9.17) is 0 Å². The number of hydrogen-bond acceptors (Lipinski definition) is 5. The van der Waals surface area contributed by atoms with E-state index in [1.54, 1.807) is 43.3 Å². The average molecular weight is 416 g/mol. The third kappa shape index (κ3) is 3.63. The predicted molar refractivity (Wildman–Crippen MR) is 116 cm³/mol. The minimum atomic E-state index is -0.890. The number of amides is 5. The number of hydrogen-bond donors (Lipinski definition) is 1. The summed E-state index contributed by atoms with van der Waals surface area (Å²) in [6, 6.07) is 13.3. The molecular formula is C23H20N4O4. The second kappa shape index (κ2) is 7.64. The van der Waals surface area contributed by atoms with Gasteiger partial charge in [0.25, 0.3) is 17.7 Å². The molecule has 0 unspecified atom stereocenters. The summed E-state index contributed by atoms with van der Waals surface area (Å²) in [7, 11) is 0. The van der Waals surface area contributed by atoms with Gasteiger partial charge in [-0.1, -0.05) is 24.3 Å². The van der Waals surface area contributed by atoms with E-state index in [-0.39, 0.29) is 11.5 Å². The number of hydrazone groups is 1. The number of nitrogens with one attached hydrogen (secondary N) is 1. The molecular weight excluding hydrogens is 396 g/mol. The number of nitrogens with zero attached hydrogens (tertiary/aromatic N) is 3. The van der Waals surface area contributed by atoms with Crippen molar-refractivity contribution in [2.75, 3.05) is 9.91 Å². The lowest BCUT2D eigenvalue weighted by molar-refractivity contribution is -0.122. The van der Waals surface area contributed by atoms with Gasteiger partial charge in [-0.05, 0) is 62.2 Å². The van der Waals surface area contributed by atoms with Crippen molar-refractivity contribution in [3.63, 3.8) is 0 Å². The van der Waals surface area contributed by atoms with Crippen molar-refractivity contribution >= 4 is 40.8 Å². The summed E-state index contributed by atoms with van der Waals surface area (Å²) >= 11 is 0. The minimum absolute atomic E-state index is 0.276. The van der Waals surface area contributed by atoms with Crippen LogP contribution in [0.25, 0.3) is 0 Å². The highest BCUT2D eigenvalue weighted by molar-refractivity contribution is 6.38. The molecule has 0 aromatic heterocycles. The van der Waals surface area contributed by atoms with Gasteiger partial charge in [-0.2, -0.15) is 10.1 Å². The van der Waals surface area contributed by atoms with E-state index in [2.05, 4.69) is 10.4 Å². The molecule has 0 radical (unpaired) electrons. The second-order valence-corrected chi connectivity index (χ2v) is 7.53. The van der Waals surface area contributed by atoms with E-state index < -0.39 is 23.8 Å². The first-order chi connectivity index (χ1) is 14.8. The number of barbiturate groups is 1. The van der Waals surface area contributed by atoms with Crippen LogP contribution in [0.2, 0.25) is 0 Å².